The Balaban J connectivity index is 3.94. The van der Waals surface area contributed by atoms with Crippen LogP contribution in [0, 0.1) is 27.2 Å². The van der Waals surface area contributed by atoms with Crippen LogP contribution in [0.4, 0.5) is 11.4 Å². The van der Waals surface area contributed by atoms with E-state index in [1.54, 1.807) is 6.92 Å². The molecule has 6 nitrogen and oxygen atoms in total. The van der Waals surface area contributed by atoms with Crippen molar-refractivity contribution >= 4 is 11.4 Å². The summed E-state index contributed by atoms with van der Waals surface area (Å²) in [4.78, 5) is 21.3. The predicted molar refractivity (Wildman–Crippen MR) is 77.3 cm³/mol. The Bertz CT molecular complexity index is 572. The van der Waals surface area contributed by atoms with Crippen molar-refractivity contribution in [1.29, 1.82) is 0 Å². The Hall–Kier alpha value is -1.98. The molecule has 0 N–H and O–H groups in total. The van der Waals surface area contributed by atoms with Crippen molar-refractivity contribution in [2.24, 2.45) is 0 Å². The van der Waals surface area contributed by atoms with Crippen LogP contribution >= 0.6 is 0 Å². The number of nitro groups is 2. The predicted octanol–water partition coefficient (Wildman–Crippen LogP) is 4.23. The Kier molecular flexibility index (Phi) is 4.17. The van der Waals surface area contributed by atoms with Crippen molar-refractivity contribution in [3.05, 3.63) is 43.0 Å². The van der Waals surface area contributed by atoms with E-state index in [2.05, 4.69) is 0 Å². The molecule has 0 spiro atoms. The van der Waals surface area contributed by atoms with Crippen LogP contribution in [-0.4, -0.2) is 9.85 Å². The van der Waals surface area contributed by atoms with Gasteiger partial charge in [0.2, 0.25) is 0 Å². The zero-order valence-corrected chi connectivity index (χ0v) is 12.7. The molecule has 0 aromatic heterocycles. The van der Waals surface area contributed by atoms with E-state index in [9.17, 15) is 20.2 Å². The molecule has 0 bridgehead atoms. The molecule has 1 aromatic rings. The molecule has 6 heteroatoms. The molecular weight excluding hydrogens is 260 g/mol. The van der Waals surface area contributed by atoms with E-state index in [1.165, 1.54) is 0 Å². The molecule has 0 heterocycles. The molecule has 0 aliphatic carbocycles. The van der Waals surface area contributed by atoms with Crippen molar-refractivity contribution < 1.29 is 9.85 Å². The van der Waals surface area contributed by atoms with Crippen LogP contribution in [0.1, 0.15) is 57.2 Å². The largest absolute Gasteiger partial charge is 0.280 e. The van der Waals surface area contributed by atoms with Crippen molar-refractivity contribution in [2.75, 3.05) is 0 Å². The molecule has 20 heavy (non-hydrogen) atoms. The zero-order valence-electron chi connectivity index (χ0n) is 12.7. The molecule has 0 saturated heterocycles. The van der Waals surface area contributed by atoms with Gasteiger partial charge in [-0.1, -0.05) is 34.6 Å². The second-order valence-corrected chi connectivity index (χ2v) is 6.25. The number of hydrogen-bond acceptors (Lipinski definition) is 4. The molecular formula is C14H20N2O4. The van der Waals surface area contributed by atoms with Gasteiger partial charge in [-0.05, 0) is 23.8 Å². The maximum Gasteiger partial charge on any atom is 0.280 e. The highest BCUT2D eigenvalue weighted by molar-refractivity contribution is 5.62. The Morgan fingerprint density at radius 3 is 1.80 bits per heavy atom. The molecule has 0 amide bonds. The molecule has 0 aliphatic rings. The van der Waals surface area contributed by atoms with Gasteiger partial charge in [-0.2, -0.15) is 0 Å². The lowest BCUT2D eigenvalue weighted by Gasteiger charge is -2.25. The SMILES string of the molecule is Cc1c([N+](=O)[O-])cc([N+](=O)[O-])c(C(C)(C)C)c1C(C)C. The first-order valence-corrected chi connectivity index (χ1v) is 6.45. The van der Waals surface area contributed by atoms with Crippen LogP contribution in [0.2, 0.25) is 0 Å². The van der Waals surface area contributed by atoms with E-state index in [0.29, 0.717) is 16.7 Å². The highest BCUT2D eigenvalue weighted by atomic mass is 16.6. The van der Waals surface area contributed by atoms with Crippen LogP contribution in [0.5, 0.6) is 0 Å². The highest BCUT2D eigenvalue weighted by Crippen LogP contribution is 2.42. The fourth-order valence-electron chi connectivity index (χ4n) is 2.62. The number of benzene rings is 1. The van der Waals surface area contributed by atoms with E-state index in [0.717, 1.165) is 6.07 Å². The fourth-order valence-corrected chi connectivity index (χ4v) is 2.62. The number of nitrogens with zero attached hydrogens (tertiary/aromatic N) is 2. The zero-order chi connectivity index (χ0) is 15.8. The van der Waals surface area contributed by atoms with E-state index >= 15 is 0 Å². The average Bonchev–Trinajstić information content (AvgIpc) is 2.25. The quantitative estimate of drug-likeness (QED) is 0.612. The maximum absolute atomic E-state index is 11.3. The highest BCUT2D eigenvalue weighted by Gasteiger charge is 2.34. The Morgan fingerprint density at radius 1 is 1.05 bits per heavy atom. The maximum atomic E-state index is 11.3. The minimum Gasteiger partial charge on any atom is -0.258 e. The van der Waals surface area contributed by atoms with E-state index in [4.69, 9.17) is 0 Å². The summed E-state index contributed by atoms with van der Waals surface area (Å²) in [6.07, 6.45) is 0. The lowest BCUT2D eigenvalue weighted by Crippen LogP contribution is -2.19. The van der Waals surface area contributed by atoms with E-state index in [-0.39, 0.29) is 17.3 Å². The van der Waals surface area contributed by atoms with Crippen LogP contribution in [0.3, 0.4) is 0 Å². The summed E-state index contributed by atoms with van der Waals surface area (Å²) < 4.78 is 0. The van der Waals surface area contributed by atoms with Crippen LogP contribution in [0.25, 0.3) is 0 Å². The number of nitro benzene ring substituents is 2. The first-order chi connectivity index (χ1) is 8.98. The second-order valence-electron chi connectivity index (χ2n) is 6.25. The van der Waals surface area contributed by atoms with Gasteiger partial charge >= 0.3 is 0 Å². The standard InChI is InChI=1S/C14H20N2O4/c1-8(2)12-9(3)10(15(17)18)7-11(16(19)20)13(12)14(4,5)6/h7-8H,1-6H3. The van der Waals surface area contributed by atoms with Gasteiger partial charge in [0.05, 0.1) is 15.9 Å². The molecule has 0 atom stereocenters. The van der Waals surface area contributed by atoms with E-state index < -0.39 is 15.3 Å². The summed E-state index contributed by atoms with van der Waals surface area (Å²) in [5.74, 6) is -0.0252. The van der Waals surface area contributed by atoms with Crippen LogP contribution < -0.4 is 0 Å². The smallest absolute Gasteiger partial charge is 0.258 e. The Labute approximate surface area is 118 Å². The third-order valence-corrected chi connectivity index (χ3v) is 3.31. The molecule has 110 valence electrons. The number of hydrogen-bond donors (Lipinski definition) is 0. The summed E-state index contributed by atoms with van der Waals surface area (Å²) in [5.41, 5.74) is 0.994. The third kappa shape index (κ3) is 2.79. The molecule has 1 aromatic carbocycles. The monoisotopic (exact) mass is 280 g/mol. The molecule has 0 aliphatic heterocycles. The minimum atomic E-state index is -0.555. The van der Waals surface area contributed by atoms with Gasteiger partial charge in [-0.15, -0.1) is 0 Å². The van der Waals surface area contributed by atoms with E-state index in [1.807, 2.05) is 34.6 Å². The lowest BCUT2D eigenvalue weighted by atomic mass is 9.77. The number of rotatable bonds is 3. The lowest BCUT2D eigenvalue weighted by molar-refractivity contribution is -0.395. The molecule has 1 rings (SSSR count). The van der Waals surface area contributed by atoms with Gasteiger partial charge in [-0.25, -0.2) is 0 Å². The summed E-state index contributed by atoms with van der Waals surface area (Å²) in [6, 6.07) is 1.09. The van der Waals surface area contributed by atoms with Crippen LogP contribution in [-0.2, 0) is 5.41 Å². The van der Waals surface area contributed by atoms with Gasteiger partial charge in [0.15, 0.2) is 0 Å². The molecule has 0 fully saturated rings. The minimum absolute atomic E-state index is 0.0252. The molecule has 0 radical (unpaired) electrons. The topological polar surface area (TPSA) is 86.3 Å². The summed E-state index contributed by atoms with van der Waals surface area (Å²) in [7, 11) is 0. The second kappa shape index (κ2) is 5.19. The van der Waals surface area contributed by atoms with Gasteiger partial charge in [0.25, 0.3) is 11.4 Å². The molecule has 0 unspecified atom stereocenters. The third-order valence-electron chi connectivity index (χ3n) is 3.31. The van der Waals surface area contributed by atoms with Crippen molar-refractivity contribution in [3.63, 3.8) is 0 Å². The fraction of sp³-hybridized carbons (Fsp3) is 0.571. The van der Waals surface area contributed by atoms with Crippen molar-refractivity contribution in [2.45, 2.75) is 52.9 Å². The summed E-state index contributed by atoms with van der Waals surface area (Å²) in [5, 5.41) is 22.4. The van der Waals surface area contributed by atoms with Crippen molar-refractivity contribution in [3.8, 4) is 0 Å². The first kappa shape index (κ1) is 16.1. The summed E-state index contributed by atoms with van der Waals surface area (Å²) >= 11 is 0. The van der Waals surface area contributed by atoms with Gasteiger partial charge in [0.1, 0.15) is 0 Å². The van der Waals surface area contributed by atoms with Gasteiger partial charge in [-0.3, -0.25) is 20.2 Å². The van der Waals surface area contributed by atoms with Crippen molar-refractivity contribution in [1.82, 2.24) is 0 Å². The molecule has 0 saturated carbocycles. The van der Waals surface area contributed by atoms with Gasteiger partial charge < -0.3 is 0 Å². The first-order valence-electron chi connectivity index (χ1n) is 6.45. The normalized spacial score (nSPS) is 11.8. The Morgan fingerprint density at radius 2 is 1.50 bits per heavy atom. The average molecular weight is 280 g/mol. The van der Waals surface area contributed by atoms with Crippen LogP contribution in [0.15, 0.2) is 6.07 Å². The van der Waals surface area contributed by atoms with Gasteiger partial charge in [0, 0.05) is 11.1 Å². The summed E-state index contributed by atoms with van der Waals surface area (Å²) in [6.45, 7) is 11.1.